The largest absolute Gasteiger partial charge is 0.383 e. The van der Waals surface area contributed by atoms with Crippen LogP contribution >= 0.6 is 0 Å². The van der Waals surface area contributed by atoms with Crippen LogP contribution in [0.1, 0.15) is 39.0 Å². The second kappa shape index (κ2) is 6.74. The molecule has 1 fully saturated rings. The van der Waals surface area contributed by atoms with Crippen molar-refractivity contribution in [1.29, 1.82) is 0 Å². The predicted octanol–water partition coefficient (Wildman–Crippen LogP) is 1.60. The summed E-state index contributed by atoms with van der Waals surface area (Å²) >= 11 is 0. The van der Waals surface area contributed by atoms with Crippen LogP contribution in [0.3, 0.4) is 0 Å². The number of hydrogen-bond acceptors (Lipinski definition) is 2. The van der Waals surface area contributed by atoms with Crippen LogP contribution in [-0.4, -0.2) is 43.7 Å². The minimum absolute atomic E-state index is 0.275. The Balaban J connectivity index is 2.47. The molecule has 0 amide bonds. The Kier molecular flexibility index (Phi) is 5.60. The van der Waals surface area contributed by atoms with E-state index in [9.17, 15) is 0 Å². The minimum atomic E-state index is 0.275. The van der Waals surface area contributed by atoms with Crippen LogP contribution in [0.2, 0.25) is 0 Å². The second-order valence-corrected chi connectivity index (χ2v) is 4.69. The molecule has 0 aromatic rings. The summed E-state index contributed by atoms with van der Waals surface area (Å²) in [5.74, 6) is 0.649. The molecule has 4 heteroatoms. The van der Waals surface area contributed by atoms with Gasteiger partial charge < -0.3 is 15.4 Å². The summed E-state index contributed by atoms with van der Waals surface area (Å²) in [4.78, 5) is 6.60. The van der Waals surface area contributed by atoms with E-state index in [1.807, 2.05) is 11.9 Å². The van der Waals surface area contributed by atoms with Crippen molar-refractivity contribution in [2.24, 2.45) is 10.7 Å². The quantitative estimate of drug-likeness (QED) is 0.586. The molecule has 0 aliphatic heterocycles. The Hall–Kier alpha value is -0.770. The fraction of sp³-hybridized carbons (Fsp3) is 0.917. The summed E-state index contributed by atoms with van der Waals surface area (Å²) in [7, 11) is 3.68. The molecule has 94 valence electrons. The summed E-state index contributed by atoms with van der Waals surface area (Å²) in [5.41, 5.74) is 6.00. The topological polar surface area (TPSA) is 50.9 Å². The Morgan fingerprint density at radius 3 is 2.62 bits per heavy atom. The number of hydrogen-bond donors (Lipinski definition) is 1. The highest BCUT2D eigenvalue weighted by atomic mass is 16.5. The maximum atomic E-state index is 6.00. The van der Waals surface area contributed by atoms with E-state index >= 15 is 0 Å². The summed E-state index contributed by atoms with van der Waals surface area (Å²) in [6, 6.07) is 0.711. The number of aliphatic imine (C=N–C) groups is 1. The third kappa shape index (κ3) is 4.00. The first kappa shape index (κ1) is 13.3. The van der Waals surface area contributed by atoms with Gasteiger partial charge in [-0.15, -0.1) is 0 Å². The molecule has 0 bridgehead atoms. The van der Waals surface area contributed by atoms with Gasteiger partial charge in [0.25, 0.3) is 0 Å². The standard InChI is InChI=1S/C12H25N3O/c1-10(9-16-3)15(2)12(13)14-11-7-5-4-6-8-11/h10-11H,4-9H2,1-3H3,(H2,13,14). The zero-order chi connectivity index (χ0) is 12.0. The van der Waals surface area contributed by atoms with Gasteiger partial charge in [0.1, 0.15) is 0 Å². The average Bonchev–Trinajstić information content (AvgIpc) is 2.29. The molecule has 1 saturated carbocycles. The van der Waals surface area contributed by atoms with E-state index in [4.69, 9.17) is 10.5 Å². The third-order valence-corrected chi connectivity index (χ3v) is 3.32. The van der Waals surface area contributed by atoms with Gasteiger partial charge in [0.05, 0.1) is 18.7 Å². The molecule has 1 aliphatic carbocycles. The van der Waals surface area contributed by atoms with E-state index in [0.29, 0.717) is 18.6 Å². The normalized spacial score (nSPS) is 20.8. The van der Waals surface area contributed by atoms with Gasteiger partial charge in [-0.1, -0.05) is 19.3 Å². The summed E-state index contributed by atoms with van der Waals surface area (Å²) in [6.07, 6.45) is 6.31. The first-order valence-corrected chi connectivity index (χ1v) is 6.20. The zero-order valence-electron chi connectivity index (χ0n) is 10.8. The van der Waals surface area contributed by atoms with Crippen molar-refractivity contribution in [3.63, 3.8) is 0 Å². The Labute approximate surface area is 98.9 Å². The lowest BCUT2D eigenvalue weighted by molar-refractivity contribution is 0.145. The van der Waals surface area contributed by atoms with Crippen LogP contribution in [0, 0.1) is 0 Å². The van der Waals surface area contributed by atoms with Crippen molar-refractivity contribution in [2.75, 3.05) is 20.8 Å². The molecule has 1 rings (SSSR count). The molecule has 1 aliphatic rings. The van der Waals surface area contributed by atoms with Crippen molar-refractivity contribution in [3.8, 4) is 0 Å². The Morgan fingerprint density at radius 1 is 1.44 bits per heavy atom. The van der Waals surface area contributed by atoms with Crippen molar-refractivity contribution in [1.82, 2.24) is 4.90 Å². The van der Waals surface area contributed by atoms with E-state index in [1.54, 1.807) is 7.11 Å². The second-order valence-electron chi connectivity index (χ2n) is 4.69. The number of ether oxygens (including phenoxy) is 1. The lowest BCUT2D eigenvalue weighted by Gasteiger charge is -2.27. The van der Waals surface area contributed by atoms with Gasteiger partial charge >= 0.3 is 0 Å². The average molecular weight is 227 g/mol. The molecule has 0 radical (unpaired) electrons. The maximum Gasteiger partial charge on any atom is 0.191 e. The molecule has 0 aromatic carbocycles. The SMILES string of the molecule is COCC(C)N(C)C(N)=NC1CCCCC1. The number of rotatable bonds is 4. The van der Waals surface area contributed by atoms with Gasteiger partial charge in [0, 0.05) is 14.2 Å². The molecule has 0 aromatic heterocycles. The number of likely N-dealkylation sites (N-methyl/N-ethyl adjacent to an activating group) is 1. The minimum Gasteiger partial charge on any atom is -0.383 e. The highest BCUT2D eigenvalue weighted by Crippen LogP contribution is 2.20. The van der Waals surface area contributed by atoms with Crippen molar-refractivity contribution in [2.45, 2.75) is 51.1 Å². The zero-order valence-corrected chi connectivity index (χ0v) is 10.8. The first-order valence-electron chi connectivity index (χ1n) is 6.20. The smallest absolute Gasteiger partial charge is 0.191 e. The van der Waals surface area contributed by atoms with Crippen molar-refractivity contribution >= 4 is 5.96 Å². The van der Waals surface area contributed by atoms with E-state index < -0.39 is 0 Å². The molecule has 0 spiro atoms. The highest BCUT2D eigenvalue weighted by molar-refractivity contribution is 5.78. The molecular weight excluding hydrogens is 202 g/mol. The van der Waals surface area contributed by atoms with Crippen molar-refractivity contribution < 1.29 is 4.74 Å². The third-order valence-electron chi connectivity index (χ3n) is 3.32. The van der Waals surface area contributed by atoms with Crippen molar-refractivity contribution in [3.05, 3.63) is 0 Å². The van der Waals surface area contributed by atoms with Crippen LogP contribution in [0.25, 0.3) is 0 Å². The van der Waals surface area contributed by atoms with Gasteiger partial charge in [-0.3, -0.25) is 0 Å². The van der Waals surface area contributed by atoms with E-state index in [-0.39, 0.29) is 6.04 Å². The molecule has 16 heavy (non-hydrogen) atoms. The van der Waals surface area contributed by atoms with Crippen LogP contribution in [-0.2, 0) is 4.74 Å². The first-order chi connectivity index (χ1) is 7.65. The van der Waals surface area contributed by atoms with Gasteiger partial charge in [0.15, 0.2) is 5.96 Å². The number of nitrogens with zero attached hydrogens (tertiary/aromatic N) is 2. The lowest BCUT2D eigenvalue weighted by Crippen LogP contribution is -2.43. The predicted molar refractivity (Wildman–Crippen MR) is 67.6 cm³/mol. The molecule has 4 nitrogen and oxygen atoms in total. The Morgan fingerprint density at radius 2 is 2.06 bits per heavy atom. The number of guanidine groups is 1. The van der Waals surface area contributed by atoms with Crippen LogP contribution in [0.4, 0.5) is 0 Å². The van der Waals surface area contributed by atoms with E-state index in [1.165, 1.54) is 32.1 Å². The molecule has 0 saturated heterocycles. The fourth-order valence-electron chi connectivity index (χ4n) is 2.07. The number of nitrogens with two attached hydrogens (primary N) is 1. The molecule has 1 unspecified atom stereocenters. The number of methoxy groups -OCH3 is 1. The van der Waals surface area contributed by atoms with E-state index in [2.05, 4.69) is 11.9 Å². The van der Waals surface area contributed by atoms with Crippen LogP contribution in [0.15, 0.2) is 4.99 Å². The molecule has 2 N–H and O–H groups in total. The maximum absolute atomic E-state index is 6.00. The summed E-state index contributed by atoms with van der Waals surface area (Å²) in [5, 5.41) is 0. The monoisotopic (exact) mass is 227 g/mol. The Bertz CT molecular complexity index is 224. The summed E-state index contributed by atoms with van der Waals surface area (Å²) < 4.78 is 5.11. The fourth-order valence-corrected chi connectivity index (χ4v) is 2.07. The van der Waals surface area contributed by atoms with Gasteiger partial charge in [0.2, 0.25) is 0 Å². The van der Waals surface area contributed by atoms with E-state index in [0.717, 1.165) is 0 Å². The lowest BCUT2D eigenvalue weighted by atomic mass is 9.96. The van der Waals surface area contributed by atoms with Gasteiger partial charge in [-0.25, -0.2) is 4.99 Å². The molecular formula is C12H25N3O. The van der Waals surface area contributed by atoms with Gasteiger partial charge in [-0.2, -0.15) is 0 Å². The molecule has 0 heterocycles. The summed E-state index contributed by atoms with van der Waals surface area (Å²) in [6.45, 7) is 2.77. The van der Waals surface area contributed by atoms with Crippen LogP contribution in [0.5, 0.6) is 0 Å². The van der Waals surface area contributed by atoms with Gasteiger partial charge in [-0.05, 0) is 19.8 Å². The molecule has 1 atom stereocenters. The highest BCUT2D eigenvalue weighted by Gasteiger charge is 2.15. The van der Waals surface area contributed by atoms with Crippen LogP contribution < -0.4 is 5.73 Å².